The predicted molar refractivity (Wildman–Crippen MR) is 73.2 cm³/mol. The molecule has 0 saturated heterocycles. The Morgan fingerprint density at radius 1 is 1.65 bits per heavy atom. The Hall–Kier alpha value is -0.920. The second kappa shape index (κ2) is 5.16. The topological polar surface area (TPSA) is 62.2 Å². The Balaban J connectivity index is 2.04. The zero-order chi connectivity index (χ0) is 12.4. The highest BCUT2D eigenvalue weighted by molar-refractivity contribution is 9.10. The van der Waals surface area contributed by atoms with Crippen molar-refractivity contribution in [3.63, 3.8) is 0 Å². The van der Waals surface area contributed by atoms with E-state index in [9.17, 15) is 4.79 Å². The molecule has 0 radical (unpaired) electrons. The number of aryl methyl sites for hydroxylation is 1. The van der Waals surface area contributed by atoms with Gasteiger partial charge in [-0.25, -0.2) is 9.78 Å². The highest BCUT2D eigenvalue weighted by Crippen LogP contribution is 2.25. The van der Waals surface area contributed by atoms with Gasteiger partial charge in [0.2, 0.25) is 0 Å². The van der Waals surface area contributed by atoms with Gasteiger partial charge >= 0.3 is 5.97 Å². The Labute approximate surface area is 114 Å². The molecule has 0 unspecified atom stereocenters. The maximum Gasteiger partial charge on any atom is 0.347 e. The molecule has 17 heavy (non-hydrogen) atoms. The van der Waals surface area contributed by atoms with Gasteiger partial charge in [0.25, 0.3) is 0 Å². The first-order valence-corrected chi connectivity index (χ1v) is 7.22. The van der Waals surface area contributed by atoms with Gasteiger partial charge in [0, 0.05) is 14.7 Å². The lowest BCUT2D eigenvalue weighted by Crippen LogP contribution is -1.96. The molecule has 0 aliphatic carbocycles. The Kier molecular flexibility index (Phi) is 3.80. The van der Waals surface area contributed by atoms with Crippen LogP contribution in [0.5, 0.6) is 0 Å². The van der Waals surface area contributed by atoms with E-state index in [0.29, 0.717) is 22.2 Å². The molecule has 0 aromatic carbocycles. The van der Waals surface area contributed by atoms with Crippen molar-refractivity contribution in [3.8, 4) is 0 Å². The lowest BCUT2D eigenvalue weighted by molar-refractivity contribution is 0.0701. The van der Waals surface area contributed by atoms with Gasteiger partial charge in [-0.2, -0.15) is 0 Å². The SMILES string of the molecule is Cc1nc(NCc2cc(Br)cs2)sc1C(=O)O. The van der Waals surface area contributed by atoms with Crippen molar-refractivity contribution < 1.29 is 9.90 Å². The van der Waals surface area contributed by atoms with E-state index in [0.717, 1.165) is 15.8 Å². The van der Waals surface area contributed by atoms with Crippen LogP contribution < -0.4 is 5.32 Å². The minimum Gasteiger partial charge on any atom is -0.477 e. The van der Waals surface area contributed by atoms with Crippen LogP contribution in [0.4, 0.5) is 5.13 Å². The van der Waals surface area contributed by atoms with Crippen LogP contribution in [0, 0.1) is 6.92 Å². The van der Waals surface area contributed by atoms with Crippen molar-refractivity contribution >= 4 is 49.7 Å². The van der Waals surface area contributed by atoms with E-state index >= 15 is 0 Å². The number of nitrogens with zero attached hydrogens (tertiary/aromatic N) is 1. The molecule has 90 valence electrons. The number of hydrogen-bond acceptors (Lipinski definition) is 5. The molecule has 0 saturated carbocycles. The van der Waals surface area contributed by atoms with E-state index in [1.807, 2.05) is 11.4 Å². The van der Waals surface area contributed by atoms with Crippen LogP contribution >= 0.6 is 38.6 Å². The largest absolute Gasteiger partial charge is 0.477 e. The molecule has 7 heteroatoms. The number of aromatic nitrogens is 1. The molecule has 2 aromatic rings. The van der Waals surface area contributed by atoms with Gasteiger partial charge in [-0.15, -0.1) is 11.3 Å². The summed E-state index contributed by atoms with van der Waals surface area (Å²) in [6, 6.07) is 2.02. The highest BCUT2D eigenvalue weighted by atomic mass is 79.9. The second-order valence-electron chi connectivity index (χ2n) is 3.32. The first-order chi connectivity index (χ1) is 8.06. The smallest absolute Gasteiger partial charge is 0.347 e. The van der Waals surface area contributed by atoms with Gasteiger partial charge in [0.15, 0.2) is 5.13 Å². The zero-order valence-electron chi connectivity index (χ0n) is 8.86. The number of halogens is 1. The minimum absolute atomic E-state index is 0.292. The third-order valence-corrected chi connectivity index (χ3v) is 4.83. The summed E-state index contributed by atoms with van der Waals surface area (Å²) in [4.78, 5) is 16.5. The number of thiazole rings is 1. The molecule has 0 amide bonds. The lowest BCUT2D eigenvalue weighted by Gasteiger charge is -1.98. The summed E-state index contributed by atoms with van der Waals surface area (Å²) in [5.41, 5.74) is 0.553. The van der Waals surface area contributed by atoms with Gasteiger partial charge < -0.3 is 10.4 Å². The summed E-state index contributed by atoms with van der Waals surface area (Å²) < 4.78 is 1.06. The summed E-state index contributed by atoms with van der Waals surface area (Å²) in [5.74, 6) is -0.924. The van der Waals surface area contributed by atoms with Crippen molar-refractivity contribution in [2.24, 2.45) is 0 Å². The van der Waals surface area contributed by atoms with Crippen LogP contribution in [0.1, 0.15) is 20.2 Å². The van der Waals surface area contributed by atoms with Gasteiger partial charge in [0.1, 0.15) is 4.88 Å². The van der Waals surface area contributed by atoms with Crippen molar-refractivity contribution in [2.75, 3.05) is 5.32 Å². The van der Waals surface area contributed by atoms with Gasteiger partial charge in [-0.05, 0) is 28.9 Å². The first-order valence-electron chi connectivity index (χ1n) is 4.74. The van der Waals surface area contributed by atoms with Gasteiger partial charge in [-0.3, -0.25) is 0 Å². The lowest BCUT2D eigenvalue weighted by atomic mass is 10.4. The molecule has 0 aliphatic heterocycles. The van der Waals surface area contributed by atoms with Crippen LogP contribution in [0.2, 0.25) is 0 Å². The fraction of sp³-hybridized carbons (Fsp3) is 0.200. The van der Waals surface area contributed by atoms with Crippen LogP contribution in [0.15, 0.2) is 15.9 Å². The summed E-state index contributed by atoms with van der Waals surface area (Å²) >= 11 is 6.19. The molecule has 2 rings (SSSR count). The summed E-state index contributed by atoms with van der Waals surface area (Å²) in [6.07, 6.45) is 0. The number of carboxylic acid groups (broad SMARTS) is 1. The van der Waals surface area contributed by atoms with E-state index in [1.165, 1.54) is 4.88 Å². The number of hydrogen-bond donors (Lipinski definition) is 2. The molecule has 2 aromatic heterocycles. The first kappa shape index (κ1) is 12.5. The molecule has 0 fully saturated rings. The number of rotatable bonds is 4. The Morgan fingerprint density at radius 2 is 2.41 bits per heavy atom. The molecular weight excluding hydrogens is 324 g/mol. The molecule has 4 nitrogen and oxygen atoms in total. The average molecular weight is 333 g/mol. The van der Waals surface area contributed by atoms with Gasteiger partial charge in [0.05, 0.1) is 12.2 Å². The minimum atomic E-state index is -0.924. The van der Waals surface area contributed by atoms with Crippen molar-refractivity contribution in [2.45, 2.75) is 13.5 Å². The number of nitrogens with one attached hydrogen (secondary N) is 1. The highest BCUT2D eigenvalue weighted by Gasteiger charge is 2.13. The summed E-state index contributed by atoms with van der Waals surface area (Å²) in [6.45, 7) is 2.36. The fourth-order valence-corrected chi connectivity index (χ4v) is 3.47. The monoisotopic (exact) mass is 332 g/mol. The van der Waals surface area contributed by atoms with Crippen molar-refractivity contribution in [3.05, 3.63) is 31.4 Å². The average Bonchev–Trinajstić information content (AvgIpc) is 2.82. The molecule has 0 bridgehead atoms. The molecule has 2 N–H and O–H groups in total. The summed E-state index contributed by atoms with van der Waals surface area (Å²) in [5, 5.41) is 14.7. The molecular formula is C10H9BrN2O2S2. The van der Waals surface area contributed by atoms with E-state index < -0.39 is 5.97 Å². The quantitative estimate of drug-likeness (QED) is 0.898. The third kappa shape index (κ3) is 3.05. The van der Waals surface area contributed by atoms with Crippen LogP contribution in [0.25, 0.3) is 0 Å². The normalized spacial score (nSPS) is 10.5. The predicted octanol–water partition coefficient (Wildman–Crippen LogP) is 3.59. The number of thiophene rings is 1. The maximum absolute atomic E-state index is 10.9. The molecule has 0 spiro atoms. The number of carbonyl (C=O) groups is 1. The molecule has 0 aliphatic rings. The van der Waals surface area contributed by atoms with Crippen LogP contribution in [-0.4, -0.2) is 16.1 Å². The van der Waals surface area contributed by atoms with E-state index in [-0.39, 0.29) is 0 Å². The number of anilines is 1. The van der Waals surface area contributed by atoms with E-state index in [4.69, 9.17) is 5.11 Å². The fourth-order valence-electron chi connectivity index (χ4n) is 1.28. The van der Waals surface area contributed by atoms with Crippen molar-refractivity contribution in [1.29, 1.82) is 0 Å². The zero-order valence-corrected chi connectivity index (χ0v) is 12.1. The Bertz CT molecular complexity index is 550. The maximum atomic E-state index is 10.9. The summed E-state index contributed by atoms with van der Waals surface area (Å²) in [7, 11) is 0. The van der Waals surface area contributed by atoms with Gasteiger partial charge in [-0.1, -0.05) is 11.3 Å². The Morgan fingerprint density at radius 3 is 2.94 bits per heavy atom. The second-order valence-corrected chi connectivity index (χ2v) is 6.23. The van der Waals surface area contributed by atoms with E-state index in [2.05, 4.69) is 26.2 Å². The molecule has 0 atom stereocenters. The third-order valence-electron chi connectivity index (χ3n) is 2.03. The molecule has 2 heterocycles. The van der Waals surface area contributed by atoms with Crippen molar-refractivity contribution in [1.82, 2.24) is 4.98 Å². The van der Waals surface area contributed by atoms with Crippen LogP contribution in [0.3, 0.4) is 0 Å². The number of aromatic carboxylic acids is 1. The van der Waals surface area contributed by atoms with E-state index in [1.54, 1.807) is 18.3 Å². The number of carboxylic acids is 1. The van der Waals surface area contributed by atoms with Crippen LogP contribution in [-0.2, 0) is 6.54 Å². The standard InChI is InChI=1S/C10H9BrN2O2S2/c1-5-8(9(14)15)17-10(13-5)12-3-7-2-6(11)4-16-7/h2,4H,3H2,1H3,(H,12,13)(H,14,15).